The molecule has 8 nitrogen and oxygen atoms in total. The lowest BCUT2D eigenvalue weighted by Crippen LogP contribution is -2.65. The Morgan fingerprint density at radius 2 is 1.72 bits per heavy atom. The summed E-state index contributed by atoms with van der Waals surface area (Å²) in [7, 11) is -0.504. The van der Waals surface area contributed by atoms with Crippen molar-refractivity contribution < 1.29 is 18.9 Å². The van der Waals surface area contributed by atoms with E-state index in [9.17, 15) is 9.59 Å². The molecule has 2 N–H and O–H groups in total. The summed E-state index contributed by atoms with van der Waals surface area (Å²) in [5.74, 6) is 0.943. The first-order chi connectivity index (χ1) is 20.4. The molecule has 0 radical (unpaired) electrons. The van der Waals surface area contributed by atoms with Gasteiger partial charge in [-0.25, -0.2) is 4.98 Å². The molecule has 6 atom stereocenters. The van der Waals surface area contributed by atoms with E-state index in [0.29, 0.717) is 24.2 Å². The van der Waals surface area contributed by atoms with Gasteiger partial charge in [-0.3, -0.25) is 9.59 Å². The smallest absolute Gasteiger partial charge is 0.404 e. The minimum Gasteiger partial charge on any atom is -0.404 e. The van der Waals surface area contributed by atoms with Crippen molar-refractivity contribution in [2.24, 2.45) is 29.1 Å². The minimum absolute atomic E-state index is 0.0480. The Labute approximate surface area is 255 Å². The first kappa shape index (κ1) is 30.1. The average molecular weight is 587 g/mol. The normalized spacial score (nSPS) is 27.3. The summed E-state index contributed by atoms with van der Waals surface area (Å²) in [6, 6.07) is 11.3. The molecule has 3 aliphatic carbocycles. The molecule has 2 amide bonds. The molecule has 43 heavy (non-hydrogen) atoms. The fraction of sp³-hybridized carbons (Fsp3) is 0.618. The van der Waals surface area contributed by atoms with Crippen molar-refractivity contribution in [1.82, 2.24) is 20.2 Å². The molecule has 1 aliphatic heterocycles. The maximum absolute atomic E-state index is 13.9. The van der Waals surface area contributed by atoms with Crippen molar-refractivity contribution in [2.75, 3.05) is 0 Å². The van der Waals surface area contributed by atoms with Gasteiger partial charge in [0.1, 0.15) is 18.2 Å². The quantitative estimate of drug-likeness (QED) is 0.305. The molecule has 2 bridgehead atoms. The third-order valence-corrected chi connectivity index (χ3v) is 10.5. The number of rotatable bonds is 10. The van der Waals surface area contributed by atoms with Crippen LogP contribution in [0.15, 0.2) is 42.6 Å². The lowest BCUT2D eigenvalue weighted by Gasteiger charge is -2.64. The molecule has 230 valence electrons. The third-order valence-electron chi connectivity index (χ3n) is 10.5. The van der Waals surface area contributed by atoms with E-state index in [0.717, 1.165) is 34.8 Å². The van der Waals surface area contributed by atoms with E-state index in [1.807, 2.05) is 41.0 Å². The highest BCUT2D eigenvalue weighted by atomic mass is 16.7. The Morgan fingerprint density at radius 1 is 1.00 bits per heavy atom. The van der Waals surface area contributed by atoms with Gasteiger partial charge in [0, 0.05) is 17.0 Å². The van der Waals surface area contributed by atoms with E-state index in [2.05, 4.69) is 64.1 Å². The average Bonchev–Trinajstić information content (AvgIpc) is 3.47. The van der Waals surface area contributed by atoms with Crippen molar-refractivity contribution in [1.29, 1.82) is 0 Å². The molecule has 1 aromatic carbocycles. The van der Waals surface area contributed by atoms with Crippen LogP contribution in [0.5, 0.6) is 0 Å². The van der Waals surface area contributed by atoms with E-state index >= 15 is 0 Å². The highest BCUT2D eigenvalue weighted by Gasteiger charge is 2.68. The molecule has 7 rings (SSSR count). The predicted octanol–water partition coefficient (Wildman–Crippen LogP) is 5.52. The van der Waals surface area contributed by atoms with Crippen molar-refractivity contribution in [3.8, 4) is 0 Å². The van der Waals surface area contributed by atoms with Gasteiger partial charge in [0.25, 0.3) is 0 Å². The van der Waals surface area contributed by atoms with Crippen LogP contribution in [0.25, 0.3) is 21.9 Å². The third kappa shape index (κ3) is 5.37. The Hall–Kier alpha value is -2.91. The summed E-state index contributed by atoms with van der Waals surface area (Å²) in [4.78, 5) is 32.0. The van der Waals surface area contributed by atoms with Crippen LogP contribution in [-0.4, -0.2) is 52.2 Å². The molecule has 4 fully saturated rings. The zero-order valence-electron chi connectivity index (χ0n) is 26.7. The molecule has 4 aliphatic rings. The lowest BCUT2D eigenvalue weighted by atomic mass is 9.43. The van der Waals surface area contributed by atoms with Crippen molar-refractivity contribution >= 4 is 40.9 Å². The van der Waals surface area contributed by atoms with E-state index in [1.54, 1.807) is 6.20 Å². The zero-order valence-corrected chi connectivity index (χ0v) is 26.7. The molecule has 3 saturated carbocycles. The number of amides is 2. The minimum atomic E-state index is -0.672. The zero-order chi connectivity index (χ0) is 30.7. The van der Waals surface area contributed by atoms with Gasteiger partial charge < -0.3 is 24.5 Å². The highest BCUT2D eigenvalue weighted by Crippen LogP contribution is 2.65. The van der Waals surface area contributed by atoms with E-state index < -0.39 is 13.2 Å². The van der Waals surface area contributed by atoms with Gasteiger partial charge in [0.15, 0.2) is 0 Å². The van der Waals surface area contributed by atoms with E-state index in [4.69, 9.17) is 9.31 Å². The Kier molecular flexibility index (Phi) is 7.87. The largest absolute Gasteiger partial charge is 0.481 e. The molecule has 9 heteroatoms. The van der Waals surface area contributed by atoms with Crippen LogP contribution in [0.3, 0.4) is 0 Å². The first-order valence-electron chi connectivity index (χ1n) is 16.1. The highest BCUT2D eigenvalue weighted by molar-refractivity contribution is 6.48. The second-order valence-corrected chi connectivity index (χ2v) is 14.8. The first-order valence-corrected chi connectivity index (χ1v) is 16.1. The molecule has 0 unspecified atom stereocenters. The maximum Gasteiger partial charge on any atom is 0.481 e. The number of pyridine rings is 1. The lowest BCUT2D eigenvalue weighted by molar-refractivity contribution is -0.199. The van der Waals surface area contributed by atoms with Gasteiger partial charge >= 0.3 is 7.12 Å². The van der Waals surface area contributed by atoms with Crippen LogP contribution in [-0.2, 0) is 25.4 Å². The molecule has 3 heterocycles. The van der Waals surface area contributed by atoms with Crippen LogP contribution in [0.4, 0.5) is 0 Å². The monoisotopic (exact) mass is 586 g/mol. The number of nitrogens with zero attached hydrogens (tertiary/aromatic N) is 2. The molecule has 1 saturated heterocycles. The summed E-state index contributed by atoms with van der Waals surface area (Å²) >= 11 is 0. The number of benzene rings is 1. The molecular weight excluding hydrogens is 539 g/mol. The summed E-state index contributed by atoms with van der Waals surface area (Å²) in [5.41, 5.74) is 1.61. The van der Waals surface area contributed by atoms with Crippen LogP contribution >= 0.6 is 0 Å². The van der Waals surface area contributed by atoms with Crippen molar-refractivity contribution in [2.45, 2.75) is 104 Å². The number of fused-ring (bicyclic) bond motifs is 3. The summed E-state index contributed by atoms with van der Waals surface area (Å²) in [6.45, 7) is 15.4. The van der Waals surface area contributed by atoms with Crippen molar-refractivity contribution in [3.63, 3.8) is 0 Å². The van der Waals surface area contributed by atoms with Crippen LogP contribution in [0, 0.1) is 29.1 Å². The molecule has 2 aromatic heterocycles. The number of aromatic nitrogens is 2. The second-order valence-electron chi connectivity index (χ2n) is 14.8. The maximum atomic E-state index is 13.9. The summed E-state index contributed by atoms with van der Waals surface area (Å²) in [6.07, 6.45) is 5.23. The van der Waals surface area contributed by atoms with Crippen LogP contribution in [0.2, 0.25) is 0 Å². The summed E-state index contributed by atoms with van der Waals surface area (Å²) in [5, 5.41) is 8.40. The van der Waals surface area contributed by atoms with Crippen molar-refractivity contribution in [3.05, 3.63) is 42.6 Å². The Morgan fingerprint density at radius 3 is 2.44 bits per heavy atom. The number of para-hydroxylation sites is 1. The van der Waals surface area contributed by atoms with Gasteiger partial charge in [0.2, 0.25) is 11.8 Å². The van der Waals surface area contributed by atoms with Crippen LogP contribution < -0.4 is 10.6 Å². The Balaban J connectivity index is 1.18. The molecule has 3 aromatic rings. The van der Waals surface area contributed by atoms with Gasteiger partial charge in [-0.1, -0.05) is 59.7 Å². The molecular formula is C34H47BN4O4. The topological polar surface area (TPSA) is 94.5 Å². The molecule has 0 spiro atoms. The predicted molar refractivity (Wildman–Crippen MR) is 170 cm³/mol. The number of carbonyl (C=O) groups excluding carboxylic acids is 2. The van der Waals surface area contributed by atoms with Crippen LogP contribution in [0.1, 0.15) is 74.1 Å². The number of carbonyl (C=O) groups is 2. The Bertz CT molecular complexity index is 1470. The number of hydrogen-bond acceptors (Lipinski definition) is 5. The van der Waals surface area contributed by atoms with E-state index in [1.165, 1.54) is 6.42 Å². The SMILES string of the molecule is CC(C)C[C@H](NC(=O)[C@H](CC(C)C)NC(=O)Cn1c2ccccc2c2cccnc21)B1O[C@@H]2C[C@@H]3C[C@@H](C3(C)C)[C@]2(C)O1. The van der Waals surface area contributed by atoms with Gasteiger partial charge in [-0.15, -0.1) is 0 Å². The van der Waals surface area contributed by atoms with Gasteiger partial charge in [-0.05, 0) is 79.9 Å². The van der Waals surface area contributed by atoms with Gasteiger partial charge in [-0.2, -0.15) is 0 Å². The summed E-state index contributed by atoms with van der Waals surface area (Å²) < 4.78 is 15.3. The van der Waals surface area contributed by atoms with E-state index in [-0.39, 0.29) is 47.3 Å². The second kappa shape index (κ2) is 11.2. The number of nitrogens with one attached hydrogen (secondary N) is 2. The van der Waals surface area contributed by atoms with Gasteiger partial charge in [0.05, 0.1) is 23.2 Å². The fourth-order valence-corrected chi connectivity index (χ4v) is 8.22. The fourth-order valence-electron chi connectivity index (χ4n) is 8.22. The number of hydrogen-bond donors (Lipinski definition) is 2. The standard InChI is InChI=1S/C34H47BN4O4/c1-20(2)15-25(37-30(40)19-39-26-13-9-8-11-23(26)24-12-10-14-36-31(24)39)32(41)38-29(16-21(3)4)35-42-28-18-22-17-27(33(22,5)6)34(28,7)43-35/h8-14,20-22,25,27-29H,15-19H2,1-7H3,(H,37,40)(H,38,41)/t22-,25-,27-,28+,29-,34-/m0/s1.